The van der Waals surface area contributed by atoms with Crippen LogP contribution in [0.3, 0.4) is 0 Å². The molecule has 1 aliphatic heterocycles. The molecule has 2 heterocycles. The van der Waals surface area contributed by atoms with E-state index in [1.165, 1.54) is 26.6 Å². The molecule has 1 fully saturated rings. The Bertz CT molecular complexity index is 1720. The van der Waals surface area contributed by atoms with Gasteiger partial charge in [0.05, 0.1) is 22.3 Å². The first kappa shape index (κ1) is 25.1. The largest absolute Gasteiger partial charge is 0.346 e. The lowest BCUT2D eigenvalue weighted by Crippen LogP contribution is -2.91. The monoisotopic (exact) mass is 616 g/mol. The van der Waals surface area contributed by atoms with E-state index >= 15 is 0 Å². The van der Waals surface area contributed by atoms with Crippen LogP contribution in [0.1, 0.15) is 39.2 Å². The molecule has 1 aromatic heterocycles. The van der Waals surface area contributed by atoms with Crippen LogP contribution in [-0.2, 0) is 9.59 Å². The first-order valence-electron chi connectivity index (χ1n) is 11.8. The van der Waals surface area contributed by atoms with Crippen molar-refractivity contribution >= 4 is 57.2 Å². The molecule has 2 aromatic carbocycles. The molecular formula is C26H24FIN5O4+. The van der Waals surface area contributed by atoms with Crippen LogP contribution in [0.15, 0.2) is 52.1 Å². The number of aromatic nitrogens is 2. The van der Waals surface area contributed by atoms with Crippen molar-refractivity contribution in [1.29, 1.82) is 0 Å². The summed E-state index contributed by atoms with van der Waals surface area (Å²) < 4.78 is 17.9. The van der Waals surface area contributed by atoms with E-state index in [2.05, 4.69) is 10.6 Å². The van der Waals surface area contributed by atoms with E-state index in [4.69, 9.17) is 0 Å². The van der Waals surface area contributed by atoms with Crippen molar-refractivity contribution in [3.63, 3.8) is 0 Å². The third-order valence-corrected chi connectivity index (χ3v) is 7.05. The Morgan fingerprint density at radius 2 is 1.92 bits per heavy atom. The van der Waals surface area contributed by atoms with Crippen LogP contribution in [0.5, 0.6) is 0 Å². The quantitative estimate of drug-likeness (QED) is 0.356. The van der Waals surface area contributed by atoms with Crippen LogP contribution in [0.2, 0.25) is 0 Å². The number of nitrogens with one attached hydrogen (secondary N) is 2. The number of nitrogens with two attached hydrogens (primary N) is 1. The van der Waals surface area contributed by atoms with Gasteiger partial charge in [-0.25, -0.2) is 19.3 Å². The van der Waals surface area contributed by atoms with E-state index < -0.39 is 23.0 Å². The average molecular weight is 616 g/mol. The van der Waals surface area contributed by atoms with Gasteiger partial charge in [0.2, 0.25) is 11.7 Å². The van der Waals surface area contributed by atoms with Gasteiger partial charge in [0.15, 0.2) is 0 Å². The minimum atomic E-state index is -0.570. The molecule has 9 nitrogen and oxygen atoms in total. The highest BCUT2D eigenvalue weighted by atomic mass is 127. The summed E-state index contributed by atoms with van der Waals surface area (Å²) in [6.07, 6.45) is 1.64. The SMILES string of the molecule is CCC(=O)Nc1cccc(-n2c3c(c(=O)n(C4CC4)c2=O)=C(Nc2ccc(I)cc2F)[NH2+]C(=O)C=3C)c1. The van der Waals surface area contributed by atoms with Crippen LogP contribution in [0.4, 0.5) is 15.8 Å². The molecule has 190 valence electrons. The molecule has 0 radical (unpaired) electrons. The molecule has 1 aliphatic carbocycles. The number of carbonyl (C=O) groups is 2. The van der Waals surface area contributed by atoms with Crippen molar-refractivity contribution in [2.24, 2.45) is 0 Å². The number of carbonyl (C=O) groups excluding carboxylic acids is 2. The van der Waals surface area contributed by atoms with E-state index in [0.717, 1.165) is 0 Å². The number of primary amides is 1. The number of benzene rings is 2. The minimum absolute atomic E-state index is 0.101. The predicted molar refractivity (Wildman–Crippen MR) is 145 cm³/mol. The highest BCUT2D eigenvalue weighted by Gasteiger charge is 2.33. The maximum Gasteiger partial charge on any atom is 0.346 e. The topological polar surface area (TPSA) is 119 Å². The number of fused-ring (bicyclic) bond motifs is 1. The Kier molecular flexibility index (Phi) is 6.58. The fourth-order valence-corrected chi connectivity index (χ4v) is 4.80. The van der Waals surface area contributed by atoms with Crippen molar-refractivity contribution in [3.05, 3.63) is 83.3 Å². The molecule has 4 N–H and O–H groups in total. The summed E-state index contributed by atoms with van der Waals surface area (Å²) in [6.45, 7) is 3.28. The second-order valence-electron chi connectivity index (χ2n) is 9.00. The average Bonchev–Trinajstić information content (AvgIpc) is 3.69. The predicted octanol–water partition coefficient (Wildman–Crippen LogP) is 0.878. The van der Waals surface area contributed by atoms with Crippen LogP contribution in [0.25, 0.3) is 17.1 Å². The summed E-state index contributed by atoms with van der Waals surface area (Å²) in [7, 11) is 0. The van der Waals surface area contributed by atoms with Gasteiger partial charge in [-0.15, -0.1) is 0 Å². The molecule has 2 amide bonds. The standard InChI is InChI=1S/C26H23FIN5O4/c1-3-20(34)29-15-5-4-6-17(12-15)32-22-13(2)24(35)31-23(30-19-10-7-14(28)11-18(19)27)21(22)25(36)33(26(32)37)16-8-9-16/h4-7,10-12,16H,3,8-9H2,1-2H3,(H,29,34)(H2,30,31,35)/p+1. The van der Waals surface area contributed by atoms with E-state index in [1.807, 2.05) is 22.6 Å². The third kappa shape index (κ3) is 4.64. The lowest BCUT2D eigenvalue weighted by atomic mass is 10.1. The van der Waals surface area contributed by atoms with Crippen molar-refractivity contribution in [2.75, 3.05) is 10.6 Å². The summed E-state index contributed by atoms with van der Waals surface area (Å²) in [5.41, 5.74) is 0.0696. The molecule has 11 heteroatoms. The molecule has 37 heavy (non-hydrogen) atoms. The van der Waals surface area contributed by atoms with Crippen LogP contribution in [-0.4, -0.2) is 20.9 Å². The molecular weight excluding hydrogens is 592 g/mol. The molecule has 1 saturated carbocycles. The van der Waals surface area contributed by atoms with Crippen molar-refractivity contribution in [2.45, 2.75) is 39.2 Å². The number of quaternary nitrogens is 1. The normalized spacial score (nSPS) is 15.0. The zero-order valence-electron chi connectivity index (χ0n) is 20.1. The lowest BCUT2D eigenvalue weighted by molar-refractivity contribution is -0.471. The van der Waals surface area contributed by atoms with Crippen LogP contribution in [0, 0.1) is 9.39 Å². The zero-order chi connectivity index (χ0) is 26.4. The second kappa shape index (κ2) is 9.71. The van der Waals surface area contributed by atoms with Gasteiger partial charge in [-0.05, 0) is 78.8 Å². The second-order valence-corrected chi connectivity index (χ2v) is 10.2. The number of hydrogen-bond acceptors (Lipinski definition) is 5. The fourth-order valence-electron chi connectivity index (χ4n) is 4.35. The zero-order valence-corrected chi connectivity index (χ0v) is 22.3. The number of rotatable bonds is 6. The molecule has 0 unspecified atom stereocenters. The molecule has 5 rings (SSSR count). The van der Waals surface area contributed by atoms with Gasteiger partial charge in [-0.1, -0.05) is 13.0 Å². The highest BCUT2D eigenvalue weighted by molar-refractivity contribution is 14.1. The van der Waals surface area contributed by atoms with E-state index in [9.17, 15) is 23.6 Å². The lowest BCUT2D eigenvalue weighted by Gasteiger charge is -2.18. The molecule has 3 aromatic rings. The molecule has 0 bridgehead atoms. The van der Waals surface area contributed by atoms with Gasteiger partial charge in [0.1, 0.15) is 11.0 Å². The summed E-state index contributed by atoms with van der Waals surface area (Å²) in [4.78, 5) is 52.5. The number of halogens is 2. The van der Waals surface area contributed by atoms with Gasteiger partial charge in [0.25, 0.3) is 5.56 Å². The number of anilines is 2. The smallest absolute Gasteiger partial charge is 0.326 e. The first-order chi connectivity index (χ1) is 17.7. The number of nitrogens with zero attached hydrogens (tertiary/aromatic N) is 2. The maximum atomic E-state index is 14.7. The van der Waals surface area contributed by atoms with E-state index in [-0.39, 0.29) is 46.0 Å². The first-order valence-corrected chi connectivity index (χ1v) is 12.9. The van der Waals surface area contributed by atoms with Gasteiger partial charge < -0.3 is 10.6 Å². The summed E-state index contributed by atoms with van der Waals surface area (Å²) in [6, 6.07) is 11.0. The Morgan fingerprint density at radius 1 is 1.16 bits per heavy atom. The molecule has 0 atom stereocenters. The Morgan fingerprint density at radius 3 is 2.59 bits per heavy atom. The number of hydrogen-bond donors (Lipinski definition) is 3. The van der Waals surface area contributed by atoms with Crippen LogP contribution >= 0.6 is 22.6 Å². The van der Waals surface area contributed by atoms with Gasteiger partial charge in [0, 0.05) is 21.7 Å². The molecule has 2 aliphatic rings. The van der Waals surface area contributed by atoms with Crippen molar-refractivity contribution in [3.8, 4) is 5.69 Å². The minimum Gasteiger partial charge on any atom is -0.326 e. The van der Waals surface area contributed by atoms with Gasteiger partial charge >= 0.3 is 11.6 Å². The number of amides is 2. The van der Waals surface area contributed by atoms with Crippen molar-refractivity contribution in [1.82, 2.24) is 9.13 Å². The molecule has 0 saturated heterocycles. The third-order valence-electron chi connectivity index (χ3n) is 6.38. The fraction of sp³-hybridized carbons (Fsp3) is 0.231. The van der Waals surface area contributed by atoms with Gasteiger partial charge in [-0.3, -0.25) is 18.7 Å². The summed E-state index contributed by atoms with van der Waals surface area (Å²) >= 11 is 1.99. The van der Waals surface area contributed by atoms with Crippen LogP contribution < -0.4 is 37.8 Å². The van der Waals surface area contributed by atoms with Crippen molar-refractivity contribution < 1.29 is 19.3 Å². The Balaban J connectivity index is 1.85. The van der Waals surface area contributed by atoms with E-state index in [1.54, 1.807) is 44.2 Å². The Hall–Kier alpha value is -3.58. The summed E-state index contributed by atoms with van der Waals surface area (Å²) in [5, 5.41) is 7.21. The molecule has 0 spiro atoms. The van der Waals surface area contributed by atoms with Gasteiger partial charge in [-0.2, -0.15) is 0 Å². The summed E-state index contributed by atoms with van der Waals surface area (Å²) in [5.74, 6) is -1.02. The van der Waals surface area contributed by atoms with E-state index in [0.29, 0.717) is 27.8 Å². The highest BCUT2D eigenvalue weighted by Crippen LogP contribution is 2.32. The Labute approximate surface area is 223 Å². The maximum absolute atomic E-state index is 14.7.